The van der Waals surface area contributed by atoms with Crippen molar-refractivity contribution in [1.82, 2.24) is 10.2 Å². The number of rotatable bonds is 4. The maximum Gasteiger partial charge on any atom is 0.0700 e. The van der Waals surface area contributed by atoms with E-state index < -0.39 is 0 Å². The summed E-state index contributed by atoms with van der Waals surface area (Å²) in [5, 5.41) is 3.50. The zero-order chi connectivity index (χ0) is 8.97. The van der Waals surface area contributed by atoms with Gasteiger partial charge in [0.15, 0.2) is 0 Å². The monoisotopic (exact) mass is 172 g/mol. The van der Waals surface area contributed by atoms with Gasteiger partial charge in [-0.3, -0.25) is 0 Å². The maximum atomic E-state index is 5.45. The Labute approximate surface area is 75.1 Å². The van der Waals surface area contributed by atoms with E-state index >= 15 is 0 Å². The number of nitrogens with zero attached hydrogens (tertiary/aromatic N) is 1. The standard InChI is InChI=1S/C9H20N2O/c1-8-9(4-7-12-8)10-5-6-11(2)3/h8-10H,4-7H2,1-3H3. The Balaban J connectivity index is 2.06. The van der Waals surface area contributed by atoms with Crippen LogP contribution in [-0.4, -0.2) is 50.8 Å². The molecule has 1 heterocycles. The van der Waals surface area contributed by atoms with Crippen molar-refractivity contribution in [3.05, 3.63) is 0 Å². The third kappa shape index (κ3) is 3.09. The van der Waals surface area contributed by atoms with Crippen LogP contribution in [0.25, 0.3) is 0 Å². The average Bonchev–Trinajstić information content (AvgIpc) is 2.36. The first-order valence-corrected chi connectivity index (χ1v) is 4.70. The highest BCUT2D eigenvalue weighted by molar-refractivity contribution is 4.78. The molecule has 3 heteroatoms. The second kappa shape index (κ2) is 4.80. The van der Waals surface area contributed by atoms with Crippen molar-refractivity contribution >= 4 is 0 Å². The molecule has 12 heavy (non-hydrogen) atoms. The van der Waals surface area contributed by atoms with E-state index in [0.717, 1.165) is 26.1 Å². The van der Waals surface area contributed by atoms with Gasteiger partial charge >= 0.3 is 0 Å². The lowest BCUT2D eigenvalue weighted by molar-refractivity contribution is 0.113. The molecule has 1 saturated heterocycles. The zero-order valence-corrected chi connectivity index (χ0v) is 8.34. The molecular weight excluding hydrogens is 152 g/mol. The first-order chi connectivity index (χ1) is 5.70. The summed E-state index contributed by atoms with van der Waals surface area (Å²) in [5.74, 6) is 0. The predicted molar refractivity (Wildman–Crippen MR) is 50.4 cm³/mol. The third-order valence-corrected chi connectivity index (χ3v) is 2.34. The average molecular weight is 172 g/mol. The van der Waals surface area contributed by atoms with Crippen molar-refractivity contribution in [3.8, 4) is 0 Å². The molecule has 1 N–H and O–H groups in total. The Bertz CT molecular complexity index is 128. The molecule has 1 fully saturated rings. The van der Waals surface area contributed by atoms with Crippen molar-refractivity contribution in [2.45, 2.75) is 25.5 Å². The van der Waals surface area contributed by atoms with Crippen molar-refractivity contribution in [2.75, 3.05) is 33.8 Å². The topological polar surface area (TPSA) is 24.5 Å². The number of ether oxygens (including phenoxy) is 1. The van der Waals surface area contributed by atoms with Crippen molar-refractivity contribution < 1.29 is 4.74 Å². The molecular formula is C9H20N2O. The number of hydrogen-bond donors (Lipinski definition) is 1. The second-order valence-electron chi connectivity index (χ2n) is 3.73. The third-order valence-electron chi connectivity index (χ3n) is 2.34. The molecule has 72 valence electrons. The van der Waals surface area contributed by atoms with Crippen LogP contribution < -0.4 is 5.32 Å². The largest absolute Gasteiger partial charge is 0.377 e. The summed E-state index contributed by atoms with van der Waals surface area (Å²) in [4.78, 5) is 2.19. The van der Waals surface area contributed by atoms with Gasteiger partial charge in [-0.2, -0.15) is 0 Å². The highest BCUT2D eigenvalue weighted by Gasteiger charge is 2.22. The molecule has 2 atom stereocenters. The van der Waals surface area contributed by atoms with Crippen molar-refractivity contribution in [2.24, 2.45) is 0 Å². The fraction of sp³-hybridized carbons (Fsp3) is 1.00. The Hall–Kier alpha value is -0.120. The molecule has 0 saturated carbocycles. The van der Waals surface area contributed by atoms with E-state index in [0.29, 0.717) is 12.1 Å². The molecule has 0 aliphatic carbocycles. The number of hydrogen-bond acceptors (Lipinski definition) is 3. The maximum absolute atomic E-state index is 5.45. The Morgan fingerprint density at radius 2 is 2.25 bits per heavy atom. The van der Waals surface area contributed by atoms with Crippen molar-refractivity contribution in [3.63, 3.8) is 0 Å². The predicted octanol–water partition coefficient (Wildman–Crippen LogP) is 0.315. The van der Waals surface area contributed by atoms with Gasteiger partial charge in [-0.25, -0.2) is 0 Å². The molecule has 3 nitrogen and oxygen atoms in total. The number of likely N-dealkylation sites (N-methyl/N-ethyl adjacent to an activating group) is 1. The molecule has 0 aromatic heterocycles. The minimum Gasteiger partial charge on any atom is -0.377 e. The van der Waals surface area contributed by atoms with Crippen LogP contribution in [0.5, 0.6) is 0 Å². The smallest absolute Gasteiger partial charge is 0.0700 e. The molecule has 0 spiro atoms. The fourth-order valence-corrected chi connectivity index (χ4v) is 1.47. The van der Waals surface area contributed by atoms with Crippen LogP contribution in [0, 0.1) is 0 Å². The van der Waals surface area contributed by atoms with E-state index in [-0.39, 0.29) is 0 Å². The molecule has 1 aliphatic rings. The van der Waals surface area contributed by atoms with Gasteiger partial charge in [-0.1, -0.05) is 0 Å². The minimum atomic E-state index is 0.396. The van der Waals surface area contributed by atoms with Gasteiger partial charge in [0, 0.05) is 25.7 Å². The molecule has 2 unspecified atom stereocenters. The summed E-state index contributed by atoms with van der Waals surface area (Å²) in [7, 11) is 4.19. The van der Waals surface area contributed by atoms with E-state index in [1.54, 1.807) is 0 Å². The molecule has 0 aromatic rings. The lowest BCUT2D eigenvalue weighted by Gasteiger charge is -2.17. The van der Waals surface area contributed by atoms with Gasteiger partial charge in [0.05, 0.1) is 6.10 Å². The van der Waals surface area contributed by atoms with Crippen LogP contribution in [0.4, 0.5) is 0 Å². The van der Waals surface area contributed by atoms with Crippen LogP contribution in [0.2, 0.25) is 0 Å². The molecule has 0 bridgehead atoms. The number of nitrogens with one attached hydrogen (secondary N) is 1. The Morgan fingerprint density at radius 3 is 2.75 bits per heavy atom. The molecule has 1 rings (SSSR count). The summed E-state index contributed by atoms with van der Waals surface area (Å²) in [6, 6.07) is 0.574. The van der Waals surface area contributed by atoms with E-state index in [1.165, 1.54) is 0 Å². The highest BCUT2D eigenvalue weighted by Crippen LogP contribution is 2.11. The Morgan fingerprint density at radius 1 is 1.50 bits per heavy atom. The highest BCUT2D eigenvalue weighted by atomic mass is 16.5. The van der Waals surface area contributed by atoms with E-state index in [4.69, 9.17) is 4.74 Å². The summed E-state index contributed by atoms with van der Waals surface area (Å²) in [5.41, 5.74) is 0. The first-order valence-electron chi connectivity index (χ1n) is 4.70. The van der Waals surface area contributed by atoms with Gasteiger partial charge < -0.3 is 15.0 Å². The molecule has 0 amide bonds. The summed E-state index contributed by atoms with van der Waals surface area (Å²) in [6.07, 6.45) is 1.56. The van der Waals surface area contributed by atoms with Gasteiger partial charge in [0.2, 0.25) is 0 Å². The first kappa shape index (κ1) is 9.96. The summed E-state index contributed by atoms with van der Waals surface area (Å²) >= 11 is 0. The lowest BCUT2D eigenvalue weighted by atomic mass is 10.1. The van der Waals surface area contributed by atoms with Gasteiger partial charge in [-0.05, 0) is 27.4 Å². The van der Waals surface area contributed by atoms with Crippen LogP contribution in [0.1, 0.15) is 13.3 Å². The van der Waals surface area contributed by atoms with Crippen LogP contribution >= 0.6 is 0 Å². The van der Waals surface area contributed by atoms with E-state index in [9.17, 15) is 0 Å². The van der Waals surface area contributed by atoms with Crippen LogP contribution in [0.3, 0.4) is 0 Å². The fourth-order valence-electron chi connectivity index (χ4n) is 1.47. The van der Waals surface area contributed by atoms with E-state index in [2.05, 4.69) is 31.2 Å². The van der Waals surface area contributed by atoms with Gasteiger partial charge in [0.25, 0.3) is 0 Å². The van der Waals surface area contributed by atoms with Gasteiger partial charge in [0.1, 0.15) is 0 Å². The molecule has 1 aliphatic heterocycles. The zero-order valence-electron chi connectivity index (χ0n) is 8.34. The quantitative estimate of drug-likeness (QED) is 0.661. The van der Waals surface area contributed by atoms with Gasteiger partial charge in [-0.15, -0.1) is 0 Å². The minimum absolute atomic E-state index is 0.396. The Kier molecular flexibility index (Phi) is 3.98. The van der Waals surface area contributed by atoms with E-state index in [1.807, 2.05) is 0 Å². The summed E-state index contributed by atoms with van der Waals surface area (Å²) < 4.78 is 5.45. The van der Waals surface area contributed by atoms with Crippen LogP contribution in [-0.2, 0) is 4.74 Å². The molecule has 0 radical (unpaired) electrons. The second-order valence-corrected chi connectivity index (χ2v) is 3.73. The lowest BCUT2D eigenvalue weighted by Crippen LogP contribution is -2.38. The van der Waals surface area contributed by atoms with Crippen molar-refractivity contribution in [1.29, 1.82) is 0 Å². The summed E-state index contributed by atoms with van der Waals surface area (Å²) in [6.45, 7) is 5.22. The SMILES string of the molecule is CC1OCCC1NCCN(C)C. The normalized spacial score (nSPS) is 30.0. The molecule has 0 aromatic carbocycles. The van der Waals surface area contributed by atoms with Crippen LogP contribution in [0.15, 0.2) is 0 Å².